The van der Waals surface area contributed by atoms with Crippen molar-refractivity contribution in [3.8, 4) is 0 Å². The van der Waals surface area contributed by atoms with Crippen LogP contribution in [0.4, 0.5) is 4.39 Å². The minimum atomic E-state index is -0.379. The molecule has 0 bridgehead atoms. The molecule has 1 fully saturated rings. The van der Waals surface area contributed by atoms with E-state index in [0.717, 1.165) is 58.9 Å². The van der Waals surface area contributed by atoms with E-state index in [9.17, 15) is 14.0 Å². The third kappa shape index (κ3) is 4.99. The van der Waals surface area contributed by atoms with Crippen LogP contribution in [0.25, 0.3) is 10.9 Å². The summed E-state index contributed by atoms with van der Waals surface area (Å²) in [4.78, 5) is 31.3. The highest BCUT2D eigenvalue weighted by molar-refractivity contribution is 6.08. The van der Waals surface area contributed by atoms with Crippen LogP contribution in [0.15, 0.2) is 77.3 Å². The zero-order valence-corrected chi connectivity index (χ0v) is 26.0. The molecule has 7 rings (SSSR count). The number of fused-ring (bicyclic) bond motifs is 1. The number of aromatic nitrogens is 1. The number of carbonyl (C=O) groups is 2. The first-order chi connectivity index (χ1) is 20.5. The second-order valence-corrected chi connectivity index (χ2v) is 15.1. The monoisotopic (exact) mass is 578 g/mol. The van der Waals surface area contributed by atoms with Gasteiger partial charge in [-0.05, 0) is 65.8 Å². The van der Waals surface area contributed by atoms with Crippen molar-refractivity contribution in [1.82, 2.24) is 9.47 Å². The normalized spacial score (nSPS) is 22.8. The lowest BCUT2D eigenvalue weighted by atomic mass is 9.63. The summed E-state index contributed by atoms with van der Waals surface area (Å²) in [6.07, 6.45) is 10.7. The van der Waals surface area contributed by atoms with Crippen molar-refractivity contribution in [1.29, 1.82) is 0 Å². The molecule has 0 spiro atoms. The maximum atomic E-state index is 14.4. The molecule has 4 nitrogen and oxygen atoms in total. The van der Waals surface area contributed by atoms with Crippen molar-refractivity contribution in [3.05, 3.63) is 94.2 Å². The molecule has 5 heteroatoms. The van der Waals surface area contributed by atoms with Crippen LogP contribution < -0.4 is 0 Å². The Balaban J connectivity index is 1.47. The van der Waals surface area contributed by atoms with E-state index in [-0.39, 0.29) is 34.1 Å². The molecule has 0 radical (unpaired) electrons. The molecular formula is C38H43FN2O2. The van der Waals surface area contributed by atoms with Gasteiger partial charge in [0, 0.05) is 71.0 Å². The lowest BCUT2D eigenvalue weighted by molar-refractivity contribution is -0.119. The van der Waals surface area contributed by atoms with Gasteiger partial charge in [0.2, 0.25) is 0 Å². The standard InChI is InChI=1S/C38H43FN2O2/c1-37(2)18-30-35(32(42)20-37)34(36-31(19-38(3,4)21-33(36)43)41(30)26-13-6-5-7-14-26)28-23-40(29-16-9-8-15-27(28)29)22-24-11-10-12-25(39)17-24/h8-12,15-17,23,26,34H,5-7,13-14,18-22H2,1-4H3. The maximum absolute atomic E-state index is 14.4. The van der Waals surface area contributed by atoms with Gasteiger partial charge in [-0.15, -0.1) is 0 Å². The molecule has 0 N–H and O–H groups in total. The zero-order valence-electron chi connectivity index (χ0n) is 26.0. The largest absolute Gasteiger partial charge is 0.345 e. The summed E-state index contributed by atoms with van der Waals surface area (Å²) in [6.45, 7) is 9.38. The number of ketones is 2. The molecule has 1 aromatic heterocycles. The van der Waals surface area contributed by atoms with Crippen molar-refractivity contribution >= 4 is 22.5 Å². The Hall–Kier alpha value is -3.47. The van der Waals surface area contributed by atoms with E-state index in [1.54, 1.807) is 12.1 Å². The van der Waals surface area contributed by atoms with Gasteiger partial charge in [-0.3, -0.25) is 9.59 Å². The lowest BCUT2D eigenvalue weighted by Gasteiger charge is -2.52. The number of rotatable bonds is 4. The zero-order chi connectivity index (χ0) is 30.1. The number of hydrogen-bond acceptors (Lipinski definition) is 3. The fourth-order valence-electron chi connectivity index (χ4n) is 8.56. The maximum Gasteiger partial charge on any atom is 0.162 e. The van der Waals surface area contributed by atoms with E-state index in [4.69, 9.17) is 0 Å². The lowest BCUT2D eigenvalue weighted by Crippen LogP contribution is -2.48. The Morgan fingerprint density at radius 3 is 2.05 bits per heavy atom. The van der Waals surface area contributed by atoms with E-state index in [0.29, 0.717) is 25.4 Å². The molecule has 224 valence electrons. The Kier molecular flexibility index (Phi) is 6.79. The van der Waals surface area contributed by atoms with Gasteiger partial charge in [-0.2, -0.15) is 0 Å². The first kappa shape index (κ1) is 28.3. The predicted molar refractivity (Wildman–Crippen MR) is 169 cm³/mol. The molecule has 3 aliphatic carbocycles. The summed E-state index contributed by atoms with van der Waals surface area (Å²) in [5.74, 6) is -0.262. The van der Waals surface area contributed by atoms with Gasteiger partial charge in [0.25, 0.3) is 0 Å². The third-order valence-electron chi connectivity index (χ3n) is 10.3. The predicted octanol–water partition coefficient (Wildman–Crippen LogP) is 8.85. The van der Waals surface area contributed by atoms with E-state index in [1.807, 2.05) is 18.2 Å². The summed E-state index contributed by atoms with van der Waals surface area (Å²) >= 11 is 0. The first-order valence-electron chi connectivity index (χ1n) is 16.2. The van der Waals surface area contributed by atoms with Crippen molar-refractivity contribution in [2.24, 2.45) is 10.8 Å². The van der Waals surface area contributed by atoms with Crippen LogP contribution in [0.3, 0.4) is 0 Å². The first-order valence-corrected chi connectivity index (χ1v) is 16.2. The Labute approximate surface area is 254 Å². The number of para-hydroxylation sites is 1. The summed E-state index contributed by atoms with van der Waals surface area (Å²) < 4.78 is 16.3. The molecule has 43 heavy (non-hydrogen) atoms. The van der Waals surface area contributed by atoms with Gasteiger partial charge in [0.15, 0.2) is 11.6 Å². The van der Waals surface area contributed by atoms with Crippen molar-refractivity contribution in [3.63, 3.8) is 0 Å². The number of allylic oxidation sites excluding steroid dienone is 4. The number of nitrogens with zero attached hydrogens (tertiary/aromatic N) is 2. The van der Waals surface area contributed by atoms with E-state index in [2.05, 4.69) is 55.5 Å². The van der Waals surface area contributed by atoms with E-state index < -0.39 is 0 Å². The van der Waals surface area contributed by atoms with E-state index in [1.165, 1.54) is 36.7 Å². The molecule has 4 aliphatic rings. The van der Waals surface area contributed by atoms with Crippen LogP contribution in [0.1, 0.15) is 103 Å². The quantitative estimate of drug-likeness (QED) is 0.311. The minimum absolute atomic E-state index is 0.134. The Morgan fingerprint density at radius 2 is 1.42 bits per heavy atom. The number of carbonyl (C=O) groups excluding carboxylic acids is 2. The summed E-state index contributed by atoms with van der Waals surface area (Å²) in [7, 11) is 0. The van der Waals surface area contributed by atoms with Gasteiger partial charge in [0.05, 0.1) is 0 Å². The SMILES string of the molecule is CC1(C)CC(=O)C2=C(C1)N(C1CCCCC1)C1=C(C(=O)CC(C)(C)C1)C2c1cn(Cc2cccc(F)c2)c2ccccc12. The second-order valence-electron chi connectivity index (χ2n) is 15.1. The van der Waals surface area contributed by atoms with Crippen LogP contribution >= 0.6 is 0 Å². The van der Waals surface area contributed by atoms with Gasteiger partial charge in [-0.1, -0.05) is 77.3 Å². The van der Waals surface area contributed by atoms with Crippen LogP contribution in [-0.4, -0.2) is 27.1 Å². The highest BCUT2D eigenvalue weighted by atomic mass is 19.1. The minimum Gasteiger partial charge on any atom is -0.345 e. The number of hydrogen-bond donors (Lipinski definition) is 0. The molecule has 2 heterocycles. The molecule has 2 aromatic carbocycles. The molecule has 1 saturated carbocycles. The van der Waals surface area contributed by atoms with Gasteiger partial charge in [0.1, 0.15) is 5.82 Å². The molecule has 0 saturated heterocycles. The molecular weight excluding hydrogens is 535 g/mol. The second kappa shape index (κ2) is 10.3. The molecule has 0 atom stereocenters. The fourth-order valence-corrected chi connectivity index (χ4v) is 8.56. The van der Waals surface area contributed by atoms with Gasteiger partial charge in [-0.25, -0.2) is 4.39 Å². The summed E-state index contributed by atoms with van der Waals surface area (Å²) in [5.41, 5.74) is 6.72. The number of Topliss-reactive ketones (excluding diaryl/α,β-unsaturated/α-hetero) is 2. The topological polar surface area (TPSA) is 42.3 Å². The molecule has 1 aliphatic heterocycles. The van der Waals surface area contributed by atoms with Crippen LogP contribution in [-0.2, 0) is 16.1 Å². The van der Waals surface area contributed by atoms with Crippen LogP contribution in [0.5, 0.6) is 0 Å². The fraction of sp³-hybridized carbons (Fsp3) is 0.474. The Morgan fingerprint density at radius 1 is 0.791 bits per heavy atom. The summed E-state index contributed by atoms with van der Waals surface area (Å²) in [5, 5.41) is 1.06. The van der Waals surface area contributed by atoms with Crippen molar-refractivity contribution in [2.75, 3.05) is 0 Å². The average Bonchev–Trinajstić information content (AvgIpc) is 3.29. The Bertz CT molecular complexity index is 1640. The summed E-state index contributed by atoms with van der Waals surface area (Å²) in [6, 6.07) is 15.4. The third-order valence-corrected chi connectivity index (χ3v) is 10.3. The van der Waals surface area contributed by atoms with Crippen molar-refractivity contribution in [2.45, 2.75) is 104 Å². The molecule has 3 aromatic rings. The van der Waals surface area contributed by atoms with E-state index >= 15 is 0 Å². The van der Waals surface area contributed by atoms with Crippen LogP contribution in [0.2, 0.25) is 0 Å². The van der Waals surface area contributed by atoms with Crippen LogP contribution in [0, 0.1) is 16.6 Å². The highest BCUT2D eigenvalue weighted by Crippen LogP contribution is 2.56. The smallest absolute Gasteiger partial charge is 0.162 e. The molecule has 0 amide bonds. The number of benzene rings is 2. The molecule has 0 unspecified atom stereocenters. The van der Waals surface area contributed by atoms with Gasteiger partial charge >= 0.3 is 0 Å². The number of halogens is 1. The average molecular weight is 579 g/mol. The highest BCUT2D eigenvalue weighted by Gasteiger charge is 2.50. The van der Waals surface area contributed by atoms with Gasteiger partial charge < -0.3 is 9.47 Å². The van der Waals surface area contributed by atoms with Crippen molar-refractivity contribution < 1.29 is 14.0 Å².